The normalized spacial score (nSPS) is 33.4. The Balaban J connectivity index is 2.04. The van der Waals surface area contributed by atoms with Gasteiger partial charge in [-0.25, -0.2) is 0 Å². The van der Waals surface area contributed by atoms with Gasteiger partial charge in [-0.2, -0.15) is 0 Å². The molecular weight excluding hydrogens is 284 g/mol. The number of halogens is 1. The van der Waals surface area contributed by atoms with Gasteiger partial charge in [-0.1, -0.05) is 40.2 Å². The van der Waals surface area contributed by atoms with Crippen LogP contribution in [-0.4, -0.2) is 34.6 Å². The maximum absolute atomic E-state index is 9.72. The molecule has 0 aromatic heterocycles. The Bertz CT molecular complexity index is 402. The third-order valence-electron chi connectivity index (χ3n) is 2.89. The topological polar surface area (TPSA) is 49.7 Å². The molecule has 3 nitrogen and oxygen atoms in total. The minimum Gasteiger partial charge on any atom is -0.388 e. The van der Waals surface area contributed by atoms with Gasteiger partial charge < -0.3 is 14.9 Å². The molecule has 92 valence electrons. The molecule has 2 N–H and O–H groups in total. The van der Waals surface area contributed by atoms with Crippen LogP contribution in [0, 0.1) is 0 Å². The van der Waals surface area contributed by atoms with Crippen LogP contribution >= 0.6 is 15.9 Å². The van der Waals surface area contributed by atoms with E-state index in [1.807, 2.05) is 30.3 Å². The highest BCUT2D eigenvalue weighted by Crippen LogP contribution is 2.22. The number of rotatable bonds is 2. The van der Waals surface area contributed by atoms with Crippen molar-refractivity contribution in [3.8, 4) is 0 Å². The van der Waals surface area contributed by atoms with Crippen LogP contribution < -0.4 is 0 Å². The van der Waals surface area contributed by atoms with E-state index in [-0.39, 0.29) is 6.10 Å². The number of hydrogen-bond acceptors (Lipinski definition) is 3. The van der Waals surface area contributed by atoms with E-state index < -0.39 is 18.3 Å². The zero-order valence-electron chi connectivity index (χ0n) is 9.45. The van der Waals surface area contributed by atoms with Crippen LogP contribution in [0.4, 0.5) is 0 Å². The van der Waals surface area contributed by atoms with Crippen LogP contribution in [0.3, 0.4) is 0 Å². The van der Waals surface area contributed by atoms with Crippen LogP contribution in [0.15, 0.2) is 34.8 Å². The SMILES string of the molecule is C[C@@H]1O[C@H](/C=C\c2ccc(Br)cc2)[C@@H](O)[C@H]1O. The Labute approximate surface area is 109 Å². The zero-order chi connectivity index (χ0) is 12.4. The van der Waals surface area contributed by atoms with Crippen LogP contribution in [0.5, 0.6) is 0 Å². The third-order valence-corrected chi connectivity index (χ3v) is 3.42. The first-order chi connectivity index (χ1) is 8.08. The van der Waals surface area contributed by atoms with E-state index in [1.165, 1.54) is 0 Å². The zero-order valence-corrected chi connectivity index (χ0v) is 11.0. The fourth-order valence-corrected chi connectivity index (χ4v) is 2.08. The van der Waals surface area contributed by atoms with Crippen molar-refractivity contribution in [2.75, 3.05) is 0 Å². The molecule has 0 saturated carbocycles. The maximum atomic E-state index is 9.72. The van der Waals surface area contributed by atoms with E-state index in [2.05, 4.69) is 15.9 Å². The Hall–Kier alpha value is -0.680. The lowest BCUT2D eigenvalue weighted by atomic mass is 10.1. The molecule has 17 heavy (non-hydrogen) atoms. The summed E-state index contributed by atoms with van der Waals surface area (Å²) in [6.07, 6.45) is 1.23. The van der Waals surface area contributed by atoms with Crippen molar-refractivity contribution in [2.24, 2.45) is 0 Å². The van der Waals surface area contributed by atoms with Crippen molar-refractivity contribution in [1.82, 2.24) is 0 Å². The number of benzene rings is 1. The second-order valence-electron chi connectivity index (χ2n) is 4.20. The van der Waals surface area contributed by atoms with Gasteiger partial charge in [0.05, 0.1) is 6.10 Å². The van der Waals surface area contributed by atoms with Gasteiger partial charge in [0.25, 0.3) is 0 Å². The van der Waals surface area contributed by atoms with E-state index >= 15 is 0 Å². The van der Waals surface area contributed by atoms with E-state index in [1.54, 1.807) is 13.0 Å². The van der Waals surface area contributed by atoms with Crippen molar-refractivity contribution in [3.05, 3.63) is 40.4 Å². The van der Waals surface area contributed by atoms with Gasteiger partial charge in [0.2, 0.25) is 0 Å². The van der Waals surface area contributed by atoms with Crippen LogP contribution in [0.25, 0.3) is 6.08 Å². The van der Waals surface area contributed by atoms with Crippen molar-refractivity contribution in [3.63, 3.8) is 0 Å². The second-order valence-corrected chi connectivity index (χ2v) is 5.11. The lowest BCUT2D eigenvalue weighted by Gasteiger charge is -2.09. The van der Waals surface area contributed by atoms with E-state index in [9.17, 15) is 10.2 Å². The molecule has 1 fully saturated rings. The maximum Gasteiger partial charge on any atom is 0.112 e. The number of ether oxygens (including phenoxy) is 1. The van der Waals surface area contributed by atoms with E-state index in [4.69, 9.17) is 4.74 Å². The summed E-state index contributed by atoms with van der Waals surface area (Å²) >= 11 is 3.37. The Kier molecular flexibility index (Phi) is 3.99. The molecule has 4 heteroatoms. The molecule has 1 aromatic carbocycles. The van der Waals surface area contributed by atoms with Gasteiger partial charge in [-0.3, -0.25) is 0 Å². The molecule has 4 atom stereocenters. The largest absolute Gasteiger partial charge is 0.388 e. The molecule has 1 saturated heterocycles. The Morgan fingerprint density at radius 2 is 1.82 bits per heavy atom. The first-order valence-corrected chi connectivity index (χ1v) is 6.32. The fraction of sp³-hybridized carbons (Fsp3) is 0.385. The lowest BCUT2D eigenvalue weighted by molar-refractivity contribution is 0.0316. The number of hydrogen-bond donors (Lipinski definition) is 2. The van der Waals surface area contributed by atoms with Gasteiger partial charge in [-0.15, -0.1) is 0 Å². The molecule has 2 rings (SSSR count). The second kappa shape index (κ2) is 5.31. The molecule has 1 aliphatic heterocycles. The third kappa shape index (κ3) is 2.96. The molecule has 1 heterocycles. The molecule has 0 bridgehead atoms. The number of aliphatic hydroxyl groups excluding tert-OH is 2. The van der Waals surface area contributed by atoms with E-state index in [0.717, 1.165) is 10.0 Å². The minimum atomic E-state index is -0.850. The van der Waals surface area contributed by atoms with Gasteiger partial charge in [0, 0.05) is 4.47 Å². The van der Waals surface area contributed by atoms with Crippen molar-refractivity contribution in [2.45, 2.75) is 31.3 Å². The molecular formula is C13H15BrO3. The smallest absolute Gasteiger partial charge is 0.112 e. The summed E-state index contributed by atoms with van der Waals surface area (Å²) in [7, 11) is 0. The first kappa shape index (κ1) is 12.8. The van der Waals surface area contributed by atoms with Gasteiger partial charge in [0.1, 0.15) is 18.3 Å². The minimum absolute atomic E-state index is 0.329. The predicted octanol–water partition coefficient (Wildman–Crippen LogP) is 1.97. The summed E-state index contributed by atoms with van der Waals surface area (Å²) in [5.74, 6) is 0. The summed E-state index contributed by atoms with van der Waals surface area (Å²) in [6, 6.07) is 7.82. The van der Waals surface area contributed by atoms with Crippen molar-refractivity contribution in [1.29, 1.82) is 0 Å². The van der Waals surface area contributed by atoms with Crippen LogP contribution in [0.1, 0.15) is 12.5 Å². The highest BCUT2D eigenvalue weighted by molar-refractivity contribution is 9.10. The fourth-order valence-electron chi connectivity index (χ4n) is 1.82. The summed E-state index contributed by atoms with van der Waals surface area (Å²) in [5, 5.41) is 19.3. The monoisotopic (exact) mass is 298 g/mol. The summed E-state index contributed by atoms with van der Waals surface area (Å²) in [4.78, 5) is 0. The molecule has 0 amide bonds. The quantitative estimate of drug-likeness (QED) is 0.878. The summed E-state index contributed by atoms with van der Waals surface area (Å²) in [6.45, 7) is 1.75. The van der Waals surface area contributed by atoms with Gasteiger partial charge in [-0.05, 0) is 24.6 Å². The molecule has 1 aromatic rings. The van der Waals surface area contributed by atoms with E-state index in [0.29, 0.717) is 0 Å². The summed E-state index contributed by atoms with van der Waals surface area (Å²) < 4.78 is 6.46. The van der Waals surface area contributed by atoms with Crippen LogP contribution in [0.2, 0.25) is 0 Å². The lowest BCUT2D eigenvalue weighted by Crippen LogP contribution is -2.30. The number of aliphatic hydroxyl groups is 2. The van der Waals surface area contributed by atoms with Crippen LogP contribution in [-0.2, 0) is 4.74 Å². The highest BCUT2D eigenvalue weighted by atomic mass is 79.9. The standard InChI is InChI=1S/C13H15BrO3/c1-8-12(15)13(16)11(17-8)7-4-9-2-5-10(14)6-3-9/h2-8,11-13,15-16H,1H3/b7-4-/t8-,11+,12-,13+/m0/s1. The Morgan fingerprint density at radius 1 is 1.18 bits per heavy atom. The first-order valence-electron chi connectivity index (χ1n) is 5.53. The molecule has 0 aliphatic carbocycles. The highest BCUT2D eigenvalue weighted by Gasteiger charge is 2.38. The molecule has 0 unspecified atom stereocenters. The van der Waals surface area contributed by atoms with Gasteiger partial charge in [0.15, 0.2) is 0 Å². The average Bonchev–Trinajstić information content (AvgIpc) is 2.56. The molecule has 0 radical (unpaired) electrons. The summed E-state index contributed by atoms with van der Waals surface area (Å²) in [5.41, 5.74) is 1.03. The van der Waals surface area contributed by atoms with Crippen molar-refractivity contribution >= 4 is 22.0 Å². The predicted molar refractivity (Wildman–Crippen MR) is 69.5 cm³/mol. The molecule has 1 aliphatic rings. The Morgan fingerprint density at radius 3 is 2.35 bits per heavy atom. The van der Waals surface area contributed by atoms with Crippen molar-refractivity contribution < 1.29 is 14.9 Å². The molecule has 0 spiro atoms. The average molecular weight is 299 g/mol. The van der Waals surface area contributed by atoms with Gasteiger partial charge >= 0.3 is 0 Å².